The number of anilines is 2. The van der Waals surface area contributed by atoms with E-state index in [1.165, 1.54) is 29.1 Å². The second-order valence-electron chi connectivity index (χ2n) is 3.65. The number of nitrogens with one attached hydrogen (secondary N) is 1. The van der Waals surface area contributed by atoms with Gasteiger partial charge in [0.15, 0.2) is 5.82 Å². The highest BCUT2D eigenvalue weighted by Crippen LogP contribution is 2.20. The molecule has 0 aliphatic heterocycles. The van der Waals surface area contributed by atoms with Crippen LogP contribution < -0.4 is 11.1 Å². The van der Waals surface area contributed by atoms with Crippen LogP contribution in [0.1, 0.15) is 10.4 Å². The highest BCUT2D eigenvalue weighted by atomic mass is 79.9. The van der Waals surface area contributed by atoms with Crippen molar-refractivity contribution in [3.8, 4) is 0 Å². The smallest absolute Gasteiger partial charge is 0.259 e. The fourth-order valence-corrected chi connectivity index (χ4v) is 1.82. The van der Waals surface area contributed by atoms with Crippen LogP contribution in [0.2, 0.25) is 0 Å². The summed E-state index contributed by atoms with van der Waals surface area (Å²) in [6.45, 7) is 0. The zero-order valence-electron chi connectivity index (χ0n) is 9.45. The van der Waals surface area contributed by atoms with Crippen molar-refractivity contribution in [1.82, 2.24) is 9.78 Å². The maximum atomic E-state index is 13.5. The molecule has 1 amide bonds. The van der Waals surface area contributed by atoms with Crippen LogP contribution in [0.15, 0.2) is 28.9 Å². The fourth-order valence-electron chi connectivity index (χ4n) is 1.45. The molecule has 0 saturated carbocycles. The molecular weight excluding hydrogens is 303 g/mol. The summed E-state index contributed by atoms with van der Waals surface area (Å²) in [5, 5.41) is 6.40. The van der Waals surface area contributed by atoms with E-state index in [-0.39, 0.29) is 5.56 Å². The zero-order valence-corrected chi connectivity index (χ0v) is 11.0. The van der Waals surface area contributed by atoms with Gasteiger partial charge in [-0.1, -0.05) is 15.9 Å². The van der Waals surface area contributed by atoms with E-state index in [2.05, 4.69) is 26.3 Å². The van der Waals surface area contributed by atoms with E-state index in [0.29, 0.717) is 16.0 Å². The molecule has 0 unspecified atom stereocenters. The van der Waals surface area contributed by atoms with Crippen LogP contribution >= 0.6 is 15.9 Å². The molecule has 5 nitrogen and oxygen atoms in total. The summed E-state index contributed by atoms with van der Waals surface area (Å²) < 4.78 is 15.5. The lowest BCUT2D eigenvalue weighted by Crippen LogP contribution is -2.17. The van der Waals surface area contributed by atoms with Gasteiger partial charge in [-0.3, -0.25) is 9.48 Å². The number of halogens is 2. The maximum absolute atomic E-state index is 13.5. The molecule has 3 N–H and O–H groups in total. The zero-order chi connectivity index (χ0) is 13.3. The van der Waals surface area contributed by atoms with E-state index < -0.39 is 11.7 Å². The average molecular weight is 313 g/mol. The van der Waals surface area contributed by atoms with Crippen LogP contribution in [0.4, 0.5) is 15.9 Å². The molecule has 0 bridgehead atoms. The first-order valence-electron chi connectivity index (χ1n) is 5.03. The lowest BCUT2D eigenvalue weighted by molar-refractivity contribution is 0.102. The third kappa shape index (κ3) is 2.35. The molecule has 2 rings (SSSR count). The standard InChI is InChI=1S/C11H10BrFN4O/c1-17-10(9(14)5-15-17)16-11(18)7-4-6(12)2-3-8(7)13/h2-5H,14H2,1H3,(H,16,18). The summed E-state index contributed by atoms with van der Waals surface area (Å²) in [5.74, 6) is -0.847. The van der Waals surface area contributed by atoms with Crippen LogP contribution in [0.25, 0.3) is 0 Å². The first-order chi connectivity index (χ1) is 8.49. The van der Waals surface area contributed by atoms with E-state index in [1.807, 2.05) is 0 Å². The summed E-state index contributed by atoms with van der Waals surface area (Å²) in [6.07, 6.45) is 1.41. The third-order valence-electron chi connectivity index (χ3n) is 2.37. The average Bonchev–Trinajstić information content (AvgIpc) is 2.64. The number of amides is 1. The van der Waals surface area contributed by atoms with Crippen molar-refractivity contribution < 1.29 is 9.18 Å². The number of aromatic nitrogens is 2. The van der Waals surface area contributed by atoms with Gasteiger partial charge < -0.3 is 11.1 Å². The molecule has 1 heterocycles. The SMILES string of the molecule is Cn1ncc(N)c1NC(=O)c1cc(Br)ccc1F. The van der Waals surface area contributed by atoms with Crippen LogP contribution in [0.3, 0.4) is 0 Å². The Bertz CT molecular complexity index is 592. The quantitative estimate of drug-likeness (QED) is 0.892. The molecule has 0 atom stereocenters. The Labute approximate surface area is 111 Å². The number of hydrogen-bond donors (Lipinski definition) is 2. The minimum absolute atomic E-state index is 0.0648. The number of carbonyl (C=O) groups is 1. The van der Waals surface area contributed by atoms with Gasteiger partial charge in [0.1, 0.15) is 5.82 Å². The number of nitrogen functional groups attached to an aromatic ring is 1. The van der Waals surface area contributed by atoms with Crippen LogP contribution in [-0.4, -0.2) is 15.7 Å². The number of nitrogens with zero attached hydrogens (tertiary/aromatic N) is 2. The fraction of sp³-hybridized carbons (Fsp3) is 0.0909. The summed E-state index contributed by atoms with van der Waals surface area (Å²) in [6, 6.07) is 4.13. The maximum Gasteiger partial charge on any atom is 0.259 e. The molecular formula is C11H10BrFN4O. The Hall–Kier alpha value is -1.89. The van der Waals surface area contributed by atoms with Gasteiger partial charge in [-0.05, 0) is 18.2 Å². The number of aryl methyl sites for hydroxylation is 1. The van der Waals surface area contributed by atoms with E-state index in [1.54, 1.807) is 7.05 Å². The van der Waals surface area contributed by atoms with Gasteiger partial charge in [-0.2, -0.15) is 5.10 Å². The molecule has 1 aromatic carbocycles. The van der Waals surface area contributed by atoms with Crippen LogP contribution in [0, 0.1) is 5.82 Å². The van der Waals surface area contributed by atoms with Crippen molar-refractivity contribution in [3.05, 3.63) is 40.2 Å². The number of rotatable bonds is 2. The van der Waals surface area contributed by atoms with Crippen molar-refractivity contribution in [1.29, 1.82) is 0 Å². The lowest BCUT2D eigenvalue weighted by Gasteiger charge is -2.07. The molecule has 94 valence electrons. The molecule has 0 aliphatic carbocycles. The van der Waals surface area contributed by atoms with Crippen molar-refractivity contribution in [2.45, 2.75) is 0 Å². The van der Waals surface area contributed by atoms with Crippen molar-refractivity contribution in [3.63, 3.8) is 0 Å². The monoisotopic (exact) mass is 312 g/mol. The van der Waals surface area contributed by atoms with E-state index in [0.717, 1.165) is 0 Å². The Morgan fingerprint density at radius 2 is 2.28 bits per heavy atom. The molecule has 0 spiro atoms. The first-order valence-corrected chi connectivity index (χ1v) is 5.82. The predicted octanol–water partition coefficient (Wildman–Crippen LogP) is 2.16. The lowest BCUT2D eigenvalue weighted by atomic mass is 10.2. The van der Waals surface area contributed by atoms with Gasteiger partial charge in [0.2, 0.25) is 0 Å². The number of carbonyl (C=O) groups excluding carboxylic acids is 1. The normalized spacial score (nSPS) is 10.4. The third-order valence-corrected chi connectivity index (χ3v) is 2.87. The number of benzene rings is 1. The molecule has 0 aliphatic rings. The van der Waals surface area contributed by atoms with Crippen molar-refractivity contribution in [2.75, 3.05) is 11.1 Å². The van der Waals surface area contributed by atoms with Crippen LogP contribution in [0.5, 0.6) is 0 Å². The molecule has 18 heavy (non-hydrogen) atoms. The highest BCUT2D eigenvalue weighted by molar-refractivity contribution is 9.10. The number of nitrogens with two attached hydrogens (primary N) is 1. The minimum Gasteiger partial charge on any atom is -0.394 e. The number of hydrogen-bond acceptors (Lipinski definition) is 3. The molecule has 7 heteroatoms. The van der Waals surface area contributed by atoms with Gasteiger partial charge in [-0.15, -0.1) is 0 Å². The summed E-state index contributed by atoms with van der Waals surface area (Å²) in [7, 11) is 1.63. The highest BCUT2D eigenvalue weighted by Gasteiger charge is 2.15. The molecule has 0 saturated heterocycles. The summed E-state index contributed by atoms with van der Waals surface area (Å²) in [4.78, 5) is 11.9. The molecule has 1 aromatic heterocycles. The summed E-state index contributed by atoms with van der Waals surface area (Å²) in [5.41, 5.74) is 5.89. The summed E-state index contributed by atoms with van der Waals surface area (Å²) >= 11 is 3.18. The van der Waals surface area contributed by atoms with Gasteiger partial charge in [0.05, 0.1) is 17.4 Å². The Morgan fingerprint density at radius 3 is 2.89 bits per heavy atom. The first kappa shape index (κ1) is 12.6. The largest absolute Gasteiger partial charge is 0.394 e. The van der Waals surface area contributed by atoms with Crippen molar-refractivity contribution >= 4 is 33.3 Å². The minimum atomic E-state index is -0.601. The van der Waals surface area contributed by atoms with Gasteiger partial charge in [0.25, 0.3) is 5.91 Å². The Morgan fingerprint density at radius 1 is 1.56 bits per heavy atom. The molecule has 2 aromatic rings. The molecule has 0 radical (unpaired) electrons. The van der Waals surface area contributed by atoms with E-state index in [4.69, 9.17) is 5.73 Å². The second kappa shape index (κ2) is 4.77. The topological polar surface area (TPSA) is 72.9 Å². The Kier molecular flexibility index (Phi) is 3.33. The van der Waals surface area contributed by atoms with Crippen molar-refractivity contribution in [2.24, 2.45) is 7.05 Å². The van der Waals surface area contributed by atoms with E-state index >= 15 is 0 Å². The Balaban J connectivity index is 2.30. The predicted molar refractivity (Wildman–Crippen MR) is 69.7 cm³/mol. The second-order valence-corrected chi connectivity index (χ2v) is 4.57. The van der Waals surface area contributed by atoms with Crippen LogP contribution in [-0.2, 0) is 7.05 Å². The van der Waals surface area contributed by atoms with Gasteiger partial charge in [-0.25, -0.2) is 4.39 Å². The van der Waals surface area contributed by atoms with E-state index in [9.17, 15) is 9.18 Å². The van der Waals surface area contributed by atoms with Gasteiger partial charge in [0, 0.05) is 11.5 Å². The van der Waals surface area contributed by atoms with Gasteiger partial charge >= 0.3 is 0 Å². The molecule has 0 fully saturated rings.